The number of rotatable bonds is 4. The molecule has 15 heavy (non-hydrogen) atoms. The Labute approximate surface area is 93.7 Å². The molecule has 0 aromatic heterocycles. The van der Waals surface area contributed by atoms with Gasteiger partial charge in [0.2, 0.25) is 0 Å². The molecule has 1 atom stereocenters. The molecular weight excluding hydrogens is 186 g/mol. The van der Waals surface area contributed by atoms with Crippen LogP contribution in [-0.4, -0.2) is 36.4 Å². The second kappa shape index (κ2) is 6.11. The number of aliphatic imine (C=N–C) groups is 1. The second-order valence-electron chi connectivity index (χ2n) is 4.87. The minimum Gasteiger partial charge on any atom is -0.387 e. The van der Waals surface area contributed by atoms with Crippen molar-refractivity contribution in [1.29, 1.82) is 0 Å². The van der Waals surface area contributed by atoms with Gasteiger partial charge in [0.1, 0.15) is 0 Å². The molecule has 0 bridgehead atoms. The van der Waals surface area contributed by atoms with Gasteiger partial charge < -0.3 is 5.73 Å². The van der Waals surface area contributed by atoms with Gasteiger partial charge in [0.05, 0.1) is 12.4 Å². The van der Waals surface area contributed by atoms with Crippen LogP contribution in [0.4, 0.5) is 0 Å². The molecule has 0 spiro atoms. The summed E-state index contributed by atoms with van der Waals surface area (Å²) in [4.78, 5) is 6.98. The van der Waals surface area contributed by atoms with Crippen molar-refractivity contribution in [3.63, 3.8) is 0 Å². The van der Waals surface area contributed by atoms with E-state index in [9.17, 15) is 0 Å². The minimum atomic E-state index is 0.374. The molecule has 0 amide bonds. The van der Waals surface area contributed by atoms with Crippen molar-refractivity contribution >= 4 is 5.84 Å². The van der Waals surface area contributed by atoms with Gasteiger partial charge in [-0.25, -0.2) is 0 Å². The first-order chi connectivity index (χ1) is 7.11. The van der Waals surface area contributed by atoms with Crippen LogP contribution in [0.15, 0.2) is 4.99 Å². The summed E-state index contributed by atoms with van der Waals surface area (Å²) in [5, 5.41) is 0. The summed E-state index contributed by atoms with van der Waals surface area (Å²) in [6, 6.07) is 0.544. The van der Waals surface area contributed by atoms with Gasteiger partial charge in [0.25, 0.3) is 0 Å². The maximum Gasteiger partial charge on any atom is 0.0963 e. The fourth-order valence-corrected chi connectivity index (χ4v) is 1.89. The molecule has 1 unspecified atom stereocenters. The molecule has 3 nitrogen and oxygen atoms in total. The van der Waals surface area contributed by atoms with E-state index in [0.717, 1.165) is 12.4 Å². The van der Waals surface area contributed by atoms with E-state index in [-0.39, 0.29) is 0 Å². The van der Waals surface area contributed by atoms with Gasteiger partial charge in [-0.1, -0.05) is 20.3 Å². The Kier molecular flexibility index (Phi) is 5.09. The van der Waals surface area contributed by atoms with Gasteiger partial charge in [-0.15, -0.1) is 0 Å². The lowest BCUT2D eigenvalue weighted by atomic mass is 10.1. The maximum absolute atomic E-state index is 5.83. The van der Waals surface area contributed by atoms with Crippen LogP contribution in [0.5, 0.6) is 0 Å². The first-order valence-electron chi connectivity index (χ1n) is 6.15. The van der Waals surface area contributed by atoms with Crippen LogP contribution in [-0.2, 0) is 0 Å². The highest BCUT2D eigenvalue weighted by atomic mass is 15.2. The third-order valence-corrected chi connectivity index (χ3v) is 3.14. The van der Waals surface area contributed by atoms with Crippen LogP contribution in [0, 0.1) is 5.92 Å². The van der Waals surface area contributed by atoms with Crippen LogP contribution >= 0.6 is 0 Å². The first-order valence-corrected chi connectivity index (χ1v) is 6.15. The molecule has 1 heterocycles. The second-order valence-corrected chi connectivity index (χ2v) is 4.87. The molecule has 1 aliphatic rings. The number of hydrogen-bond acceptors (Lipinski definition) is 2. The van der Waals surface area contributed by atoms with Crippen LogP contribution in [0.1, 0.15) is 40.0 Å². The summed E-state index contributed by atoms with van der Waals surface area (Å²) < 4.78 is 0. The summed E-state index contributed by atoms with van der Waals surface area (Å²) in [6.45, 7) is 9.75. The molecule has 3 heteroatoms. The van der Waals surface area contributed by atoms with Gasteiger partial charge in [-0.05, 0) is 32.9 Å². The first kappa shape index (κ1) is 12.5. The van der Waals surface area contributed by atoms with E-state index < -0.39 is 0 Å². The van der Waals surface area contributed by atoms with Crippen molar-refractivity contribution in [3.05, 3.63) is 0 Å². The highest BCUT2D eigenvalue weighted by Crippen LogP contribution is 2.12. The van der Waals surface area contributed by atoms with E-state index in [1.54, 1.807) is 0 Å². The van der Waals surface area contributed by atoms with Crippen LogP contribution in [0.3, 0.4) is 0 Å². The van der Waals surface area contributed by atoms with Crippen molar-refractivity contribution in [1.82, 2.24) is 4.90 Å². The zero-order valence-electron chi connectivity index (χ0n) is 10.4. The van der Waals surface area contributed by atoms with Gasteiger partial charge in [0, 0.05) is 12.0 Å². The minimum absolute atomic E-state index is 0.374. The molecule has 1 aliphatic heterocycles. The molecule has 88 valence electrons. The number of nitrogens with zero attached hydrogens (tertiary/aromatic N) is 2. The van der Waals surface area contributed by atoms with Gasteiger partial charge in [0.15, 0.2) is 0 Å². The molecular formula is C12H25N3. The Balaban J connectivity index is 2.34. The topological polar surface area (TPSA) is 41.6 Å². The monoisotopic (exact) mass is 211 g/mol. The number of nitrogens with two attached hydrogens (primary N) is 1. The van der Waals surface area contributed by atoms with E-state index in [0.29, 0.717) is 12.0 Å². The zero-order chi connectivity index (χ0) is 11.3. The normalized spacial score (nSPS) is 22.0. The fourth-order valence-electron chi connectivity index (χ4n) is 1.89. The van der Waals surface area contributed by atoms with Gasteiger partial charge >= 0.3 is 0 Å². The molecule has 2 N–H and O–H groups in total. The van der Waals surface area contributed by atoms with E-state index in [1.165, 1.54) is 32.4 Å². The van der Waals surface area contributed by atoms with Crippen molar-refractivity contribution < 1.29 is 0 Å². The Morgan fingerprint density at radius 2 is 1.80 bits per heavy atom. The Morgan fingerprint density at radius 1 is 1.20 bits per heavy atom. The zero-order valence-corrected chi connectivity index (χ0v) is 10.4. The third kappa shape index (κ3) is 4.20. The molecule has 1 rings (SSSR count). The molecule has 0 saturated carbocycles. The summed E-state index contributed by atoms with van der Waals surface area (Å²) in [5.41, 5.74) is 5.83. The maximum atomic E-state index is 5.83. The predicted octanol–water partition coefficient (Wildman–Crippen LogP) is 1.87. The molecule has 0 aromatic rings. The van der Waals surface area contributed by atoms with Gasteiger partial charge in [-0.2, -0.15) is 0 Å². The Hall–Kier alpha value is -0.570. The van der Waals surface area contributed by atoms with Crippen LogP contribution < -0.4 is 5.73 Å². The SMILES string of the molecule is CC(C)C(N)=NCC(C)N1CCCCC1. The number of hydrogen-bond donors (Lipinski definition) is 1. The van der Waals surface area contributed by atoms with E-state index in [1.807, 2.05) is 0 Å². The third-order valence-electron chi connectivity index (χ3n) is 3.14. The van der Waals surface area contributed by atoms with Crippen molar-refractivity contribution in [3.8, 4) is 0 Å². The molecule has 0 aromatic carbocycles. The standard InChI is InChI=1S/C12H25N3/c1-10(2)12(13)14-9-11(3)15-7-5-4-6-8-15/h10-11H,4-9H2,1-3H3,(H2,13,14). The highest BCUT2D eigenvalue weighted by molar-refractivity contribution is 5.82. The predicted molar refractivity (Wildman–Crippen MR) is 66.2 cm³/mol. The molecule has 0 aliphatic carbocycles. The fraction of sp³-hybridized carbons (Fsp3) is 0.917. The lowest BCUT2D eigenvalue weighted by molar-refractivity contribution is 0.178. The van der Waals surface area contributed by atoms with Crippen molar-refractivity contribution in [2.75, 3.05) is 19.6 Å². The average molecular weight is 211 g/mol. The quantitative estimate of drug-likeness (QED) is 0.570. The summed E-state index contributed by atoms with van der Waals surface area (Å²) in [6.07, 6.45) is 4.07. The summed E-state index contributed by atoms with van der Waals surface area (Å²) in [5.74, 6) is 1.16. The molecule has 1 fully saturated rings. The Bertz CT molecular complexity index is 205. The van der Waals surface area contributed by atoms with E-state index >= 15 is 0 Å². The average Bonchev–Trinajstić information content (AvgIpc) is 2.26. The summed E-state index contributed by atoms with van der Waals surface area (Å²) >= 11 is 0. The number of piperidine rings is 1. The van der Waals surface area contributed by atoms with Crippen LogP contribution in [0.25, 0.3) is 0 Å². The highest BCUT2D eigenvalue weighted by Gasteiger charge is 2.16. The van der Waals surface area contributed by atoms with Crippen LogP contribution in [0.2, 0.25) is 0 Å². The van der Waals surface area contributed by atoms with E-state index in [2.05, 4.69) is 30.7 Å². The van der Waals surface area contributed by atoms with Gasteiger partial charge in [-0.3, -0.25) is 9.89 Å². The Morgan fingerprint density at radius 3 is 2.33 bits per heavy atom. The van der Waals surface area contributed by atoms with Crippen molar-refractivity contribution in [2.24, 2.45) is 16.6 Å². The van der Waals surface area contributed by atoms with Crippen molar-refractivity contribution in [2.45, 2.75) is 46.1 Å². The smallest absolute Gasteiger partial charge is 0.0963 e. The summed E-state index contributed by atoms with van der Waals surface area (Å²) in [7, 11) is 0. The number of amidine groups is 1. The number of likely N-dealkylation sites (tertiary alicyclic amines) is 1. The largest absolute Gasteiger partial charge is 0.387 e. The lowest BCUT2D eigenvalue weighted by Gasteiger charge is -2.31. The lowest BCUT2D eigenvalue weighted by Crippen LogP contribution is -2.39. The molecule has 1 saturated heterocycles. The van der Waals surface area contributed by atoms with E-state index in [4.69, 9.17) is 5.73 Å². The molecule has 0 radical (unpaired) electrons.